The maximum absolute atomic E-state index is 5.61. The monoisotopic (exact) mass is 407 g/mol. The topological polar surface area (TPSA) is 48.1 Å². The minimum Gasteiger partial charge on any atom is -0.497 e. The lowest BCUT2D eigenvalue weighted by atomic mass is 10.1. The summed E-state index contributed by atoms with van der Waals surface area (Å²) in [6.45, 7) is 8.37. The molecular weight excluding hydrogens is 382 g/mol. The maximum atomic E-state index is 5.61. The van der Waals surface area contributed by atoms with Gasteiger partial charge in [0.2, 0.25) is 4.80 Å². The van der Waals surface area contributed by atoms with Gasteiger partial charge in [-0.15, -0.1) is 17.9 Å². The number of methoxy groups -OCH3 is 2. The van der Waals surface area contributed by atoms with Crippen LogP contribution in [-0.4, -0.2) is 31.2 Å². The molecule has 0 spiro atoms. The first-order valence-electron chi connectivity index (χ1n) is 9.24. The Morgan fingerprint density at radius 2 is 1.90 bits per heavy atom. The summed E-state index contributed by atoms with van der Waals surface area (Å²) in [5.74, 6) is 1.46. The Hall–Kier alpha value is -3.12. The molecule has 2 aromatic carbocycles. The van der Waals surface area contributed by atoms with Crippen molar-refractivity contribution in [3.8, 4) is 22.8 Å². The Balaban J connectivity index is 2.17. The summed E-state index contributed by atoms with van der Waals surface area (Å²) in [4.78, 5) is 5.41. The lowest BCUT2D eigenvalue weighted by molar-refractivity contribution is 0.395. The van der Waals surface area contributed by atoms with E-state index in [2.05, 4.69) is 42.8 Å². The number of benzene rings is 2. The van der Waals surface area contributed by atoms with Gasteiger partial charge in [0.25, 0.3) is 0 Å². The third kappa shape index (κ3) is 4.66. The molecule has 3 aromatic rings. The van der Waals surface area contributed by atoms with E-state index in [1.807, 2.05) is 35.2 Å². The number of rotatable bonds is 7. The Kier molecular flexibility index (Phi) is 6.67. The number of aryl methyl sites for hydroxylation is 1. The van der Waals surface area contributed by atoms with E-state index >= 15 is 0 Å². The molecule has 0 saturated heterocycles. The van der Waals surface area contributed by atoms with E-state index in [0.717, 1.165) is 33.1 Å². The van der Waals surface area contributed by atoms with Gasteiger partial charge in [-0.05, 0) is 31.5 Å². The van der Waals surface area contributed by atoms with Crippen LogP contribution in [0, 0.1) is 6.92 Å². The molecule has 0 unspecified atom stereocenters. The van der Waals surface area contributed by atoms with Crippen LogP contribution in [0.2, 0.25) is 0 Å². The van der Waals surface area contributed by atoms with Crippen LogP contribution in [-0.2, 0) is 0 Å². The summed E-state index contributed by atoms with van der Waals surface area (Å²) >= 11 is 1.53. The highest BCUT2D eigenvalue weighted by Gasteiger charge is 2.14. The molecule has 1 heterocycles. The van der Waals surface area contributed by atoms with Crippen molar-refractivity contribution in [2.24, 2.45) is 10.1 Å². The average Bonchev–Trinajstić information content (AvgIpc) is 3.14. The van der Waals surface area contributed by atoms with Crippen LogP contribution >= 0.6 is 11.3 Å². The minimum atomic E-state index is 0.527. The van der Waals surface area contributed by atoms with Crippen LogP contribution in [0.3, 0.4) is 0 Å². The van der Waals surface area contributed by atoms with Crippen molar-refractivity contribution in [2.75, 3.05) is 20.8 Å². The molecule has 0 saturated carbocycles. The van der Waals surface area contributed by atoms with E-state index < -0.39 is 0 Å². The molecule has 0 aliphatic rings. The van der Waals surface area contributed by atoms with Crippen molar-refractivity contribution in [1.82, 2.24) is 4.68 Å². The van der Waals surface area contributed by atoms with Gasteiger partial charge >= 0.3 is 0 Å². The quantitative estimate of drug-likeness (QED) is 0.413. The highest BCUT2D eigenvalue weighted by molar-refractivity contribution is 7.07. The number of hydrogen-bond acceptors (Lipinski definition) is 5. The Morgan fingerprint density at radius 3 is 2.55 bits per heavy atom. The zero-order valence-electron chi connectivity index (χ0n) is 17.2. The van der Waals surface area contributed by atoms with Crippen molar-refractivity contribution in [1.29, 1.82) is 0 Å². The first-order chi connectivity index (χ1) is 14.1. The minimum absolute atomic E-state index is 0.527. The molecule has 5 nitrogen and oxygen atoms in total. The average molecular weight is 408 g/mol. The molecular formula is C23H25N3O2S. The van der Waals surface area contributed by atoms with Gasteiger partial charge in [0.05, 0.1) is 32.2 Å². The van der Waals surface area contributed by atoms with Gasteiger partial charge in [-0.25, -0.2) is 4.68 Å². The molecule has 0 bridgehead atoms. The summed E-state index contributed by atoms with van der Waals surface area (Å²) in [5, 5.41) is 6.93. The van der Waals surface area contributed by atoms with E-state index in [4.69, 9.17) is 14.6 Å². The van der Waals surface area contributed by atoms with Crippen LogP contribution < -0.4 is 14.3 Å². The standard InChI is InChI=1S/C23H25N3O2S/c1-6-13-24-23-26(25-17(3)18-9-7-16(2)8-10-18)21(15-29-23)20-12-11-19(27-4)14-22(20)28-5/h6-12,14-15H,1,13H2,2-5H3. The molecule has 0 amide bonds. The molecule has 3 rings (SSSR count). The SMILES string of the molecule is C=CCN=c1scc(-c2ccc(OC)cc2OC)n1N=C(C)c1ccc(C)cc1. The van der Waals surface area contributed by atoms with Gasteiger partial charge < -0.3 is 9.47 Å². The largest absolute Gasteiger partial charge is 0.497 e. The third-order valence-corrected chi connectivity index (χ3v) is 5.30. The predicted octanol–water partition coefficient (Wildman–Crippen LogP) is 4.90. The van der Waals surface area contributed by atoms with Gasteiger partial charge in [-0.2, -0.15) is 5.10 Å². The van der Waals surface area contributed by atoms with E-state index in [-0.39, 0.29) is 0 Å². The molecule has 0 atom stereocenters. The number of ether oxygens (including phenoxy) is 2. The molecule has 6 heteroatoms. The van der Waals surface area contributed by atoms with Crippen LogP contribution in [0.5, 0.6) is 11.5 Å². The lowest BCUT2D eigenvalue weighted by Gasteiger charge is -2.11. The third-order valence-electron chi connectivity index (χ3n) is 4.44. The van der Waals surface area contributed by atoms with Gasteiger partial charge in [-0.3, -0.25) is 4.99 Å². The molecule has 0 N–H and O–H groups in total. The van der Waals surface area contributed by atoms with Crippen molar-refractivity contribution >= 4 is 17.0 Å². The van der Waals surface area contributed by atoms with Crippen molar-refractivity contribution in [3.63, 3.8) is 0 Å². The molecule has 0 fully saturated rings. The Bertz CT molecular complexity index is 1090. The molecule has 0 aliphatic heterocycles. The predicted molar refractivity (Wildman–Crippen MR) is 120 cm³/mol. The normalized spacial score (nSPS) is 12.1. The summed E-state index contributed by atoms with van der Waals surface area (Å²) in [6.07, 6.45) is 1.77. The second kappa shape index (κ2) is 9.39. The van der Waals surface area contributed by atoms with Crippen molar-refractivity contribution in [3.05, 3.63) is 76.4 Å². The molecule has 150 valence electrons. The fourth-order valence-corrected chi connectivity index (χ4v) is 3.68. The van der Waals surface area contributed by atoms with Gasteiger partial charge in [0.1, 0.15) is 11.5 Å². The van der Waals surface area contributed by atoms with Crippen molar-refractivity contribution in [2.45, 2.75) is 13.8 Å². The number of hydrogen-bond donors (Lipinski definition) is 0. The Morgan fingerprint density at radius 1 is 1.14 bits per heavy atom. The molecule has 1 aromatic heterocycles. The van der Waals surface area contributed by atoms with Crippen LogP contribution in [0.15, 0.2) is 70.6 Å². The first kappa shape index (κ1) is 20.6. The number of aromatic nitrogens is 1. The summed E-state index contributed by atoms with van der Waals surface area (Å²) in [7, 11) is 3.29. The second-order valence-electron chi connectivity index (χ2n) is 6.46. The van der Waals surface area contributed by atoms with Gasteiger partial charge in [0, 0.05) is 17.0 Å². The van der Waals surface area contributed by atoms with Crippen LogP contribution in [0.4, 0.5) is 0 Å². The maximum Gasteiger partial charge on any atom is 0.206 e. The van der Waals surface area contributed by atoms with Crippen molar-refractivity contribution < 1.29 is 9.47 Å². The second-order valence-corrected chi connectivity index (χ2v) is 7.30. The smallest absolute Gasteiger partial charge is 0.206 e. The summed E-state index contributed by atoms with van der Waals surface area (Å²) < 4.78 is 12.8. The van der Waals surface area contributed by atoms with Crippen LogP contribution in [0.1, 0.15) is 18.1 Å². The number of thiazole rings is 1. The fourth-order valence-electron chi connectivity index (χ4n) is 2.85. The van der Waals surface area contributed by atoms with Gasteiger partial charge in [-0.1, -0.05) is 35.9 Å². The summed E-state index contributed by atoms with van der Waals surface area (Å²) in [5.41, 5.74) is 5.01. The van der Waals surface area contributed by atoms with E-state index in [1.165, 1.54) is 16.9 Å². The van der Waals surface area contributed by atoms with Crippen LogP contribution in [0.25, 0.3) is 11.3 Å². The fraction of sp³-hybridized carbons (Fsp3) is 0.217. The summed E-state index contributed by atoms with van der Waals surface area (Å²) in [6, 6.07) is 14.1. The van der Waals surface area contributed by atoms with E-state index in [0.29, 0.717) is 12.3 Å². The highest BCUT2D eigenvalue weighted by atomic mass is 32.1. The lowest BCUT2D eigenvalue weighted by Crippen LogP contribution is -2.14. The zero-order valence-corrected chi connectivity index (χ0v) is 18.0. The van der Waals surface area contributed by atoms with E-state index in [9.17, 15) is 0 Å². The molecule has 29 heavy (non-hydrogen) atoms. The Labute approximate surface area is 175 Å². The molecule has 0 aliphatic carbocycles. The van der Waals surface area contributed by atoms with Gasteiger partial charge in [0.15, 0.2) is 0 Å². The molecule has 0 radical (unpaired) electrons. The van der Waals surface area contributed by atoms with E-state index in [1.54, 1.807) is 20.3 Å². The number of nitrogens with zero attached hydrogens (tertiary/aromatic N) is 3. The first-order valence-corrected chi connectivity index (χ1v) is 10.1. The highest BCUT2D eigenvalue weighted by Crippen LogP contribution is 2.33. The zero-order chi connectivity index (χ0) is 20.8.